The molecule has 0 saturated carbocycles. The Kier molecular flexibility index (Phi) is 37.4. The third kappa shape index (κ3) is 34.8. The van der Waals surface area contributed by atoms with Gasteiger partial charge < -0.3 is 61.7 Å². The predicted molar refractivity (Wildman–Crippen MR) is 223 cm³/mol. The molecule has 0 N–H and O–H groups in total. The van der Waals surface area contributed by atoms with Crippen LogP contribution in [0.5, 0.6) is 0 Å². The van der Waals surface area contributed by atoms with E-state index in [9.17, 15) is 19.2 Å². The molecule has 19 nitrogen and oxygen atoms in total. The Bertz CT molecular complexity index is 1210. The molecular weight excluding hydrogens is 845 g/mol. The number of hydroxylamine groups is 2. The summed E-state index contributed by atoms with van der Waals surface area (Å²) in [6.45, 7) is 10.5. The summed E-state index contributed by atoms with van der Waals surface area (Å²) in [4.78, 5) is 55.5. The maximum Gasteiger partial charge on any atom is 0.335 e. The van der Waals surface area contributed by atoms with Crippen molar-refractivity contribution in [3.63, 3.8) is 0 Å². The quantitative estimate of drug-likeness (QED) is 0.0524. The van der Waals surface area contributed by atoms with E-state index in [1.165, 1.54) is 0 Å². The molecule has 0 unspecified atom stereocenters. The molecule has 1 aliphatic rings. The van der Waals surface area contributed by atoms with E-state index in [1.807, 2.05) is 18.2 Å². The molecule has 1 saturated heterocycles. The molecular formula is C40H66N2O17S2. The first-order chi connectivity index (χ1) is 30.1. The number of amides is 2. The van der Waals surface area contributed by atoms with Gasteiger partial charge in [0.25, 0.3) is 11.8 Å². The number of hydrogen-bond donors (Lipinski definition) is 0. The van der Waals surface area contributed by atoms with E-state index in [4.69, 9.17) is 61.7 Å². The number of imide groups is 1. The van der Waals surface area contributed by atoms with Crippen molar-refractivity contribution >= 4 is 45.2 Å². The second kappa shape index (κ2) is 41.6. The molecule has 0 radical (unpaired) electrons. The van der Waals surface area contributed by atoms with Crippen LogP contribution in [0.3, 0.4) is 0 Å². The monoisotopic (exact) mass is 910 g/mol. The second-order valence-corrected chi connectivity index (χ2v) is 15.0. The minimum atomic E-state index is -0.702. The van der Waals surface area contributed by atoms with Crippen LogP contribution in [0.1, 0.15) is 38.5 Å². The number of nitrogens with zero attached hydrogens (tertiary/aromatic N) is 2. The Balaban J connectivity index is 1.13. The van der Waals surface area contributed by atoms with Gasteiger partial charge in [0.05, 0.1) is 158 Å². The summed E-state index contributed by atoms with van der Waals surface area (Å²) in [6.07, 6.45) is 3.62. The van der Waals surface area contributed by atoms with Crippen molar-refractivity contribution in [1.82, 2.24) is 10.0 Å². The largest absolute Gasteiger partial charge is 0.379 e. The standard InChI is InChI=1S/C40H66N2O17S2/c43-36(9-35-60-61-37-5-1-2-10-41-37)4-3-11-47-13-15-49-17-19-51-21-23-53-25-27-55-29-31-57-33-34-58-32-30-56-28-26-54-24-22-52-20-18-50-16-14-48-12-8-40(46)59-42-38(44)6-7-39(42)45/h1-2,5,10H,3-4,6-9,11-35H2. The molecule has 2 amide bonds. The summed E-state index contributed by atoms with van der Waals surface area (Å²) >= 11 is 0. The smallest absolute Gasteiger partial charge is 0.335 e. The Morgan fingerprint density at radius 3 is 1.25 bits per heavy atom. The molecule has 1 aliphatic heterocycles. The van der Waals surface area contributed by atoms with Crippen molar-refractivity contribution in [3.8, 4) is 0 Å². The zero-order chi connectivity index (χ0) is 43.5. The number of carbonyl (C=O) groups excluding carboxylic acids is 4. The molecule has 2 rings (SSSR count). The molecule has 21 heteroatoms. The van der Waals surface area contributed by atoms with Gasteiger partial charge in [-0.25, -0.2) is 9.78 Å². The van der Waals surface area contributed by atoms with Crippen molar-refractivity contribution in [2.24, 2.45) is 0 Å². The molecule has 350 valence electrons. The molecule has 0 aromatic carbocycles. The van der Waals surface area contributed by atoms with Crippen LogP contribution in [0.4, 0.5) is 0 Å². The van der Waals surface area contributed by atoms with E-state index in [-0.39, 0.29) is 38.3 Å². The Hall–Kier alpha value is -2.35. The number of aromatic nitrogens is 1. The summed E-state index contributed by atoms with van der Waals surface area (Å²) in [5, 5.41) is 1.47. The van der Waals surface area contributed by atoms with Gasteiger partial charge in [-0.15, -0.1) is 5.06 Å². The molecule has 1 fully saturated rings. The highest BCUT2D eigenvalue weighted by molar-refractivity contribution is 8.76. The van der Waals surface area contributed by atoms with Gasteiger partial charge in [0.2, 0.25) is 0 Å². The fourth-order valence-corrected chi connectivity index (χ4v) is 6.54. The van der Waals surface area contributed by atoms with Gasteiger partial charge >= 0.3 is 5.97 Å². The van der Waals surface area contributed by atoms with Crippen molar-refractivity contribution in [2.45, 2.75) is 43.6 Å². The fourth-order valence-electron chi connectivity index (χ4n) is 4.63. The number of Topliss-reactive ketones (excluding diaryl/α,β-unsaturated/α-hetero) is 1. The fraction of sp³-hybridized carbons (Fsp3) is 0.775. The Labute approximate surface area is 367 Å². The van der Waals surface area contributed by atoms with Crippen molar-refractivity contribution < 1.29 is 80.9 Å². The molecule has 0 spiro atoms. The summed E-state index contributed by atoms with van der Waals surface area (Å²) in [6, 6.07) is 5.80. The zero-order valence-electron chi connectivity index (χ0n) is 35.4. The van der Waals surface area contributed by atoms with Gasteiger partial charge in [-0.1, -0.05) is 16.9 Å². The highest BCUT2D eigenvalue weighted by Crippen LogP contribution is 2.29. The van der Waals surface area contributed by atoms with Crippen LogP contribution >= 0.6 is 21.6 Å². The average molecular weight is 911 g/mol. The number of pyridine rings is 1. The van der Waals surface area contributed by atoms with Gasteiger partial charge in [-0.05, 0) is 29.3 Å². The molecule has 0 bridgehead atoms. The summed E-state index contributed by atoms with van der Waals surface area (Å²) in [5.74, 6) is -0.694. The van der Waals surface area contributed by atoms with Crippen molar-refractivity contribution in [3.05, 3.63) is 24.4 Å². The van der Waals surface area contributed by atoms with E-state index in [1.54, 1.807) is 27.8 Å². The first-order valence-corrected chi connectivity index (χ1v) is 23.1. The topological polar surface area (TPSA) is 204 Å². The average Bonchev–Trinajstić information content (AvgIpc) is 3.58. The highest BCUT2D eigenvalue weighted by Gasteiger charge is 2.32. The zero-order valence-corrected chi connectivity index (χ0v) is 37.0. The first kappa shape index (κ1) is 54.8. The number of carbonyl (C=O) groups is 4. The molecule has 0 aliphatic carbocycles. The molecule has 0 atom stereocenters. The van der Waals surface area contributed by atoms with Gasteiger partial charge in [0.15, 0.2) is 0 Å². The van der Waals surface area contributed by atoms with Crippen molar-refractivity contribution in [2.75, 3.05) is 164 Å². The number of ketones is 1. The molecule has 61 heavy (non-hydrogen) atoms. The van der Waals surface area contributed by atoms with Gasteiger partial charge in [-0.3, -0.25) is 14.4 Å². The lowest BCUT2D eigenvalue weighted by Crippen LogP contribution is -2.32. The lowest BCUT2D eigenvalue weighted by Gasteiger charge is -2.12. The Morgan fingerprint density at radius 1 is 0.492 bits per heavy atom. The SMILES string of the molecule is O=C(CCCOCCOCCOCCOCCOCCOCCOCCOCCOCCOCCOCCOCCC(=O)ON1C(=O)CCC1=O)CCSSc1ccccn1. The predicted octanol–water partition coefficient (Wildman–Crippen LogP) is 2.76. The minimum absolute atomic E-state index is 0.0554. The number of rotatable bonds is 46. The van der Waals surface area contributed by atoms with Gasteiger partial charge in [0.1, 0.15) is 10.8 Å². The van der Waals surface area contributed by atoms with Crippen LogP contribution in [0, 0.1) is 0 Å². The highest BCUT2D eigenvalue weighted by atomic mass is 33.1. The van der Waals surface area contributed by atoms with Crippen LogP contribution in [0.2, 0.25) is 0 Å². The minimum Gasteiger partial charge on any atom is -0.379 e. The number of hydrogen-bond acceptors (Lipinski definition) is 20. The van der Waals surface area contributed by atoms with Gasteiger partial charge in [-0.2, -0.15) is 0 Å². The van der Waals surface area contributed by atoms with E-state index >= 15 is 0 Å². The number of ether oxygens (including phenoxy) is 12. The van der Waals surface area contributed by atoms with Crippen LogP contribution in [0.15, 0.2) is 29.4 Å². The summed E-state index contributed by atoms with van der Waals surface area (Å²) < 4.78 is 65.6. The van der Waals surface area contributed by atoms with E-state index in [0.717, 1.165) is 17.2 Å². The van der Waals surface area contributed by atoms with Crippen LogP contribution in [0.25, 0.3) is 0 Å². The second-order valence-electron chi connectivity index (χ2n) is 12.6. The van der Waals surface area contributed by atoms with Crippen LogP contribution in [-0.2, 0) is 80.9 Å². The third-order valence-electron chi connectivity index (χ3n) is 7.73. The van der Waals surface area contributed by atoms with Gasteiger partial charge in [0, 0.05) is 44.2 Å². The molecule has 2 heterocycles. The maximum atomic E-state index is 12.0. The third-order valence-corrected chi connectivity index (χ3v) is 10.00. The lowest BCUT2D eigenvalue weighted by molar-refractivity contribution is -0.198. The Morgan fingerprint density at radius 2 is 0.869 bits per heavy atom. The maximum absolute atomic E-state index is 12.0. The van der Waals surface area contributed by atoms with Crippen LogP contribution in [-0.4, -0.2) is 198 Å². The summed E-state index contributed by atoms with van der Waals surface area (Å²) in [7, 11) is 3.24. The van der Waals surface area contributed by atoms with E-state index in [2.05, 4.69) is 4.98 Å². The van der Waals surface area contributed by atoms with Crippen molar-refractivity contribution in [1.29, 1.82) is 0 Å². The normalized spacial score (nSPS) is 12.8. The van der Waals surface area contributed by atoms with Crippen LogP contribution < -0.4 is 0 Å². The van der Waals surface area contributed by atoms with E-state index < -0.39 is 17.8 Å². The lowest BCUT2D eigenvalue weighted by atomic mass is 10.2. The molecule has 1 aromatic heterocycles. The van der Waals surface area contributed by atoms with E-state index in [0.29, 0.717) is 163 Å². The first-order valence-electron chi connectivity index (χ1n) is 20.8. The summed E-state index contributed by atoms with van der Waals surface area (Å²) in [5.41, 5.74) is 0. The molecule has 1 aromatic rings.